The van der Waals surface area contributed by atoms with Gasteiger partial charge in [0.1, 0.15) is 18.3 Å². The molecule has 0 unspecified atom stereocenters. The second-order valence-electron chi connectivity index (χ2n) is 3.98. The first-order valence-corrected chi connectivity index (χ1v) is 5.97. The highest BCUT2D eigenvalue weighted by Gasteiger charge is 2.17. The zero-order valence-electron chi connectivity index (χ0n) is 11.1. The van der Waals surface area contributed by atoms with Crippen molar-refractivity contribution in [3.63, 3.8) is 0 Å². The van der Waals surface area contributed by atoms with E-state index in [1.54, 1.807) is 19.3 Å². The minimum atomic E-state index is -0.604. The Morgan fingerprint density at radius 2 is 2.24 bits per heavy atom. The van der Waals surface area contributed by atoms with Gasteiger partial charge in [-0.3, -0.25) is 14.9 Å². The summed E-state index contributed by atoms with van der Waals surface area (Å²) in [6.07, 6.45) is 4.02. The summed E-state index contributed by atoms with van der Waals surface area (Å²) in [6.45, 7) is 0.188. The summed E-state index contributed by atoms with van der Waals surface area (Å²) in [6, 6.07) is 2.83. The van der Waals surface area contributed by atoms with Gasteiger partial charge in [-0.15, -0.1) is 0 Å². The first-order chi connectivity index (χ1) is 10.1. The monoisotopic (exact) mass is 288 g/mol. The van der Waals surface area contributed by atoms with Crippen LogP contribution in [0.25, 0.3) is 0 Å². The van der Waals surface area contributed by atoms with Gasteiger partial charge in [-0.2, -0.15) is 0 Å². The van der Waals surface area contributed by atoms with E-state index in [0.29, 0.717) is 5.69 Å². The van der Waals surface area contributed by atoms with Crippen molar-refractivity contribution in [2.75, 3.05) is 12.4 Å². The summed E-state index contributed by atoms with van der Waals surface area (Å²) < 4.78 is 0. The summed E-state index contributed by atoms with van der Waals surface area (Å²) in [7, 11) is 1.58. The minimum absolute atomic E-state index is 0.0979. The molecule has 0 saturated carbocycles. The van der Waals surface area contributed by atoms with Crippen molar-refractivity contribution in [3.05, 3.63) is 52.2 Å². The number of carbonyl (C=O) groups excluding carboxylic acids is 1. The first kappa shape index (κ1) is 14.3. The predicted molar refractivity (Wildman–Crippen MR) is 73.6 cm³/mol. The molecule has 0 aliphatic carbocycles. The van der Waals surface area contributed by atoms with Crippen molar-refractivity contribution in [3.8, 4) is 0 Å². The van der Waals surface area contributed by atoms with E-state index in [4.69, 9.17) is 0 Å². The summed E-state index contributed by atoms with van der Waals surface area (Å²) >= 11 is 0. The van der Waals surface area contributed by atoms with Crippen molar-refractivity contribution < 1.29 is 9.72 Å². The summed E-state index contributed by atoms with van der Waals surface area (Å²) in [5.74, 6) is -0.213. The average Bonchev–Trinajstić information content (AvgIpc) is 2.52. The smallest absolute Gasteiger partial charge is 0.288 e. The second kappa shape index (κ2) is 6.37. The van der Waals surface area contributed by atoms with E-state index in [0.717, 1.165) is 6.20 Å². The lowest BCUT2D eigenvalue weighted by atomic mass is 10.2. The molecule has 2 heterocycles. The van der Waals surface area contributed by atoms with E-state index in [1.807, 2.05) is 0 Å². The molecule has 2 aromatic heterocycles. The van der Waals surface area contributed by atoms with Gasteiger partial charge in [-0.05, 0) is 6.07 Å². The Labute approximate surface area is 119 Å². The Morgan fingerprint density at radius 1 is 1.43 bits per heavy atom. The van der Waals surface area contributed by atoms with E-state index in [2.05, 4.69) is 25.6 Å². The maximum absolute atomic E-state index is 12.1. The lowest BCUT2D eigenvalue weighted by molar-refractivity contribution is -0.385. The third-order valence-corrected chi connectivity index (χ3v) is 2.64. The van der Waals surface area contributed by atoms with Gasteiger partial charge < -0.3 is 10.6 Å². The van der Waals surface area contributed by atoms with Crippen LogP contribution in [0.5, 0.6) is 0 Å². The zero-order valence-corrected chi connectivity index (χ0v) is 11.1. The molecule has 9 heteroatoms. The topological polar surface area (TPSA) is 123 Å². The Hall–Kier alpha value is -3.10. The minimum Gasteiger partial charge on any atom is -0.372 e. The summed E-state index contributed by atoms with van der Waals surface area (Å²) in [4.78, 5) is 33.9. The molecule has 2 aromatic rings. The van der Waals surface area contributed by atoms with Crippen molar-refractivity contribution in [1.82, 2.24) is 20.3 Å². The number of hydrogen-bond acceptors (Lipinski definition) is 7. The van der Waals surface area contributed by atoms with Crippen LogP contribution < -0.4 is 10.6 Å². The van der Waals surface area contributed by atoms with Crippen molar-refractivity contribution in [2.45, 2.75) is 6.54 Å². The van der Waals surface area contributed by atoms with Crippen LogP contribution in [0.4, 0.5) is 11.5 Å². The van der Waals surface area contributed by atoms with Gasteiger partial charge in [-0.25, -0.2) is 15.0 Å². The molecule has 0 atom stereocenters. The molecule has 0 fully saturated rings. The normalized spacial score (nSPS) is 9.95. The Kier molecular flexibility index (Phi) is 4.34. The SMILES string of the molecule is CNc1ncc([N+](=O)[O-])cc1C(=O)NCc1ccncn1. The van der Waals surface area contributed by atoms with Gasteiger partial charge in [0.05, 0.1) is 22.7 Å². The van der Waals surface area contributed by atoms with Crippen LogP contribution in [0, 0.1) is 10.1 Å². The fourth-order valence-corrected chi connectivity index (χ4v) is 1.61. The van der Waals surface area contributed by atoms with Crippen LogP contribution in [0.3, 0.4) is 0 Å². The fraction of sp³-hybridized carbons (Fsp3) is 0.167. The highest BCUT2D eigenvalue weighted by atomic mass is 16.6. The lowest BCUT2D eigenvalue weighted by Crippen LogP contribution is -2.24. The van der Waals surface area contributed by atoms with E-state index in [-0.39, 0.29) is 23.6 Å². The van der Waals surface area contributed by atoms with Crippen LogP contribution in [-0.2, 0) is 6.54 Å². The summed E-state index contributed by atoms with van der Waals surface area (Å²) in [5, 5.41) is 16.1. The first-order valence-electron chi connectivity index (χ1n) is 5.97. The highest BCUT2D eigenvalue weighted by molar-refractivity contribution is 5.99. The number of nitrogens with zero attached hydrogens (tertiary/aromatic N) is 4. The molecular formula is C12H12N6O3. The third kappa shape index (κ3) is 3.47. The Bertz CT molecular complexity index is 661. The van der Waals surface area contributed by atoms with Crippen LogP contribution in [0.1, 0.15) is 16.1 Å². The highest BCUT2D eigenvalue weighted by Crippen LogP contribution is 2.18. The average molecular weight is 288 g/mol. The number of nitrogens with one attached hydrogen (secondary N) is 2. The quantitative estimate of drug-likeness (QED) is 0.614. The lowest BCUT2D eigenvalue weighted by Gasteiger charge is -2.08. The number of carbonyl (C=O) groups is 1. The van der Waals surface area contributed by atoms with Gasteiger partial charge in [0, 0.05) is 19.3 Å². The molecule has 2 N–H and O–H groups in total. The molecule has 2 rings (SSSR count). The van der Waals surface area contributed by atoms with Gasteiger partial charge in [0.25, 0.3) is 11.6 Å². The van der Waals surface area contributed by atoms with E-state index in [1.165, 1.54) is 12.4 Å². The molecule has 9 nitrogen and oxygen atoms in total. The molecule has 0 saturated heterocycles. The van der Waals surface area contributed by atoms with Gasteiger partial charge in [0.15, 0.2) is 0 Å². The van der Waals surface area contributed by atoms with E-state index >= 15 is 0 Å². The number of anilines is 1. The fourth-order valence-electron chi connectivity index (χ4n) is 1.61. The van der Waals surface area contributed by atoms with Crippen molar-refractivity contribution >= 4 is 17.4 Å². The van der Waals surface area contributed by atoms with Crippen LogP contribution in [0.2, 0.25) is 0 Å². The maximum atomic E-state index is 12.1. The van der Waals surface area contributed by atoms with Crippen LogP contribution >= 0.6 is 0 Å². The number of rotatable bonds is 5. The molecule has 0 radical (unpaired) electrons. The maximum Gasteiger partial charge on any atom is 0.288 e. The molecule has 0 spiro atoms. The molecule has 0 aliphatic heterocycles. The number of nitro groups is 1. The molecular weight excluding hydrogens is 276 g/mol. The van der Waals surface area contributed by atoms with Crippen LogP contribution in [-0.4, -0.2) is 32.8 Å². The molecule has 0 bridgehead atoms. The molecule has 21 heavy (non-hydrogen) atoms. The van der Waals surface area contributed by atoms with Crippen molar-refractivity contribution in [1.29, 1.82) is 0 Å². The zero-order chi connectivity index (χ0) is 15.2. The van der Waals surface area contributed by atoms with Crippen molar-refractivity contribution in [2.24, 2.45) is 0 Å². The molecule has 108 valence electrons. The van der Waals surface area contributed by atoms with Gasteiger partial charge in [-0.1, -0.05) is 0 Å². The van der Waals surface area contributed by atoms with Crippen LogP contribution in [0.15, 0.2) is 30.9 Å². The predicted octanol–water partition coefficient (Wildman–Crippen LogP) is 0.751. The van der Waals surface area contributed by atoms with E-state index in [9.17, 15) is 14.9 Å². The number of pyridine rings is 1. The molecule has 0 aliphatic rings. The molecule has 1 amide bonds. The summed E-state index contributed by atoms with van der Waals surface area (Å²) in [5.41, 5.74) is 0.477. The standard InChI is InChI=1S/C12H12N6O3/c1-13-11-10(4-9(6-15-11)18(20)21)12(19)16-5-8-2-3-14-7-17-8/h2-4,6-7H,5H2,1H3,(H,13,15)(H,16,19). The Morgan fingerprint density at radius 3 is 2.86 bits per heavy atom. The van der Waals surface area contributed by atoms with E-state index < -0.39 is 10.8 Å². The largest absolute Gasteiger partial charge is 0.372 e. The number of hydrogen-bond donors (Lipinski definition) is 2. The van der Waals surface area contributed by atoms with Gasteiger partial charge >= 0.3 is 0 Å². The molecule has 0 aromatic carbocycles. The number of aromatic nitrogens is 3. The van der Waals surface area contributed by atoms with Gasteiger partial charge in [0.2, 0.25) is 0 Å². The second-order valence-corrected chi connectivity index (χ2v) is 3.98. The third-order valence-electron chi connectivity index (χ3n) is 2.64. The Balaban J connectivity index is 2.17. The number of amides is 1.